The van der Waals surface area contributed by atoms with Crippen LogP contribution in [0.1, 0.15) is 92.9 Å². The molecule has 3 aliphatic carbocycles. The van der Waals surface area contributed by atoms with E-state index < -0.39 is 146 Å². The fraction of sp³-hybridized carbons (Fsp3) is 0.878. The zero-order valence-electron chi connectivity index (χ0n) is 41.5. The van der Waals surface area contributed by atoms with Gasteiger partial charge >= 0.3 is 5.97 Å². The van der Waals surface area contributed by atoms with E-state index in [2.05, 4.69) is 13.0 Å². The summed E-state index contributed by atoms with van der Waals surface area (Å²) in [5.41, 5.74) is 0.416. The van der Waals surface area contributed by atoms with Gasteiger partial charge in [-0.1, -0.05) is 18.6 Å². The lowest BCUT2D eigenvalue weighted by Gasteiger charge is -2.56. The first-order chi connectivity index (χ1) is 32.7. The largest absolute Gasteiger partial charge is 0.426 e. The third kappa shape index (κ3) is 10.0. The molecule has 5 aliphatic heterocycles. The summed E-state index contributed by atoms with van der Waals surface area (Å²) in [6, 6.07) is 0. The molecule has 24 unspecified atom stereocenters. The quantitative estimate of drug-likeness (QED) is 0.123. The number of fused-ring (bicyclic) bond motifs is 3. The van der Waals surface area contributed by atoms with Crippen molar-refractivity contribution in [3.63, 3.8) is 0 Å². The number of Topliss-reactive ketones (excluding diaryl/α,β-unsaturated/α-hetero) is 1. The highest BCUT2D eigenvalue weighted by atomic mass is 16.8. The fourth-order valence-corrected chi connectivity index (χ4v) is 12.8. The number of ether oxygens (including phenoxy) is 13. The van der Waals surface area contributed by atoms with Crippen molar-refractivity contribution >= 4 is 11.8 Å². The number of carbonyl (C=O) groups excluding carboxylic acids is 2. The number of aliphatic hydroxyl groups is 5. The van der Waals surface area contributed by atoms with Crippen LogP contribution in [0.4, 0.5) is 0 Å². The van der Waals surface area contributed by atoms with E-state index in [9.17, 15) is 35.1 Å². The van der Waals surface area contributed by atoms with Crippen molar-refractivity contribution in [1.29, 1.82) is 0 Å². The normalized spacial score (nSPS) is 50.4. The molecule has 0 aromatic heterocycles. The summed E-state index contributed by atoms with van der Waals surface area (Å²) in [6.45, 7) is 10.7. The summed E-state index contributed by atoms with van der Waals surface area (Å²) in [5, 5.41) is 52.5. The minimum atomic E-state index is -1.59. The molecule has 6 fully saturated rings. The maximum Gasteiger partial charge on any atom is 0.333 e. The zero-order valence-corrected chi connectivity index (χ0v) is 41.5. The van der Waals surface area contributed by atoms with E-state index in [0.29, 0.717) is 44.1 Å². The number of allylic oxidation sites excluding steroid dienone is 1. The van der Waals surface area contributed by atoms with Crippen LogP contribution in [-0.4, -0.2) is 195 Å². The Kier molecular flexibility index (Phi) is 16.2. The Balaban J connectivity index is 0.843. The van der Waals surface area contributed by atoms with Gasteiger partial charge in [0.1, 0.15) is 48.5 Å². The van der Waals surface area contributed by atoms with E-state index in [1.165, 1.54) is 25.9 Å². The Hall–Kier alpha value is -2.06. The average molecular weight is 985 g/mol. The van der Waals surface area contributed by atoms with Gasteiger partial charge in [0.25, 0.3) is 0 Å². The van der Waals surface area contributed by atoms with E-state index in [0.717, 1.165) is 6.42 Å². The number of aliphatic hydroxyl groups excluding tert-OH is 5. The summed E-state index contributed by atoms with van der Waals surface area (Å²) in [4.78, 5) is 26.8. The molecule has 8 aliphatic rings. The van der Waals surface area contributed by atoms with Crippen LogP contribution in [0.25, 0.3) is 0 Å². The van der Waals surface area contributed by atoms with Crippen molar-refractivity contribution in [2.45, 2.75) is 215 Å². The lowest BCUT2D eigenvalue weighted by atomic mass is 9.49. The molecular weight excluding hydrogens is 909 g/mol. The molecule has 0 aromatic rings. The molecule has 392 valence electrons. The molecule has 20 nitrogen and oxygen atoms in total. The van der Waals surface area contributed by atoms with Crippen LogP contribution < -0.4 is 0 Å². The van der Waals surface area contributed by atoms with Crippen LogP contribution in [0, 0.1) is 22.7 Å². The van der Waals surface area contributed by atoms with Gasteiger partial charge in [-0.25, -0.2) is 4.79 Å². The van der Waals surface area contributed by atoms with Crippen LogP contribution in [0.15, 0.2) is 23.3 Å². The van der Waals surface area contributed by atoms with Gasteiger partial charge in [0.2, 0.25) is 5.79 Å². The molecule has 0 spiro atoms. The monoisotopic (exact) mass is 984 g/mol. The molecule has 0 radical (unpaired) electrons. The summed E-state index contributed by atoms with van der Waals surface area (Å²) >= 11 is 0. The van der Waals surface area contributed by atoms with E-state index in [4.69, 9.17) is 61.6 Å². The van der Waals surface area contributed by atoms with E-state index in [-0.39, 0.29) is 24.0 Å². The van der Waals surface area contributed by atoms with Crippen molar-refractivity contribution in [3.8, 4) is 0 Å². The first-order valence-corrected chi connectivity index (χ1v) is 24.6. The third-order valence-corrected chi connectivity index (χ3v) is 16.9. The highest BCUT2D eigenvalue weighted by Crippen LogP contribution is 2.61. The van der Waals surface area contributed by atoms with Crippen LogP contribution >= 0.6 is 0 Å². The molecule has 0 aromatic carbocycles. The molecule has 24 atom stereocenters. The Morgan fingerprint density at radius 2 is 1.23 bits per heavy atom. The third-order valence-electron chi connectivity index (χ3n) is 16.9. The Morgan fingerprint density at radius 3 is 1.75 bits per heavy atom. The van der Waals surface area contributed by atoms with E-state index >= 15 is 0 Å². The molecule has 5 N–H and O–H groups in total. The lowest BCUT2D eigenvalue weighted by Crippen LogP contribution is -2.62. The maximum atomic E-state index is 14.4. The number of hydrogen-bond donors (Lipinski definition) is 5. The summed E-state index contributed by atoms with van der Waals surface area (Å²) < 4.78 is 79.3. The zero-order chi connectivity index (χ0) is 49.9. The number of cyclic esters (lactones) is 1. The van der Waals surface area contributed by atoms with Crippen LogP contribution in [-0.2, 0) is 71.2 Å². The standard InChI is InChI=1S/C49H76O20/c1-22-42(66-37-17-31(58-8)43(23(2)62-37)67-38-18-32(59-9)44(24(3)63-38)68-46-41(55)40(54)39(53)33(21-50)65-46)30(57-7)16-36(61-22)64-29-15-25-11-12-26-27(48(25,5)20-28(29)51)13-14-47(4,45(26)56)34-19-35(52)69-49(34,6)60-10/h11,19,22-24,26-33,36-44,46,50-51,53-55H,12-18,20-21H2,1-10H3. The van der Waals surface area contributed by atoms with E-state index in [1.54, 1.807) is 28.1 Å². The Labute approximate surface area is 404 Å². The van der Waals surface area contributed by atoms with Gasteiger partial charge in [-0.15, -0.1) is 0 Å². The van der Waals surface area contributed by atoms with Gasteiger partial charge in [-0.3, -0.25) is 4.79 Å². The number of rotatable bonds is 14. The predicted octanol–water partition coefficient (Wildman–Crippen LogP) is 1.72. The van der Waals surface area contributed by atoms with Crippen molar-refractivity contribution < 1.29 is 96.7 Å². The van der Waals surface area contributed by atoms with Gasteiger partial charge in [-0.05, 0) is 71.1 Å². The molecule has 8 rings (SSSR count). The number of ketones is 1. The number of carbonyl (C=O) groups is 2. The minimum Gasteiger partial charge on any atom is -0.426 e. The topological polar surface area (TPSA) is 255 Å². The van der Waals surface area contributed by atoms with Crippen molar-refractivity contribution in [2.75, 3.05) is 35.0 Å². The first-order valence-electron chi connectivity index (χ1n) is 24.6. The van der Waals surface area contributed by atoms with Crippen LogP contribution in [0.3, 0.4) is 0 Å². The molecule has 20 heteroatoms. The number of hydrogen-bond acceptors (Lipinski definition) is 20. The summed E-state index contributed by atoms with van der Waals surface area (Å²) in [7, 11) is 6.20. The van der Waals surface area contributed by atoms with Gasteiger partial charge in [0.05, 0.1) is 60.9 Å². The summed E-state index contributed by atoms with van der Waals surface area (Å²) in [5.74, 6) is -1.99. The number of esters is 1. The Bertz CT molecular complexity index is 1880. The number of methoxy groups -OCH3 is 4. The SMILES string of the molecule is COC1CC(OC2CC3=CCC4C(=O)C(C)(C5=CC(=O)OC5(C)OC)CCC4C3(C)CC2O)OC(C)C1OC1CC(OC)C(OC2CC(OC)C(OC3OC(CO)C(O)C(O)C3O)C(C)O2)C(C)O1. The van der Waals surface area contributed by atoms with Gasteiger partial charge < -0.3 is 87.1 Å². The molecule has 2 saturated carbocycles. The van der Waals surface area contributed by atoms with Crippen LogP contribution in [0.2, 0.25) is 0 Å². The van der Waals surface area contributed by atoms with Crippen molar-refractivity contribution in [3.05, 3.63) is 23.3 Å². The Morgan fingerprint density at radius 1 is 0.696 bits per heavy atom. The van der Waals surface area contributed by atoms with Gasteiger partial charge in [-0.2, -0.15) is 0 Å². The smallest absolute Gasteiger partial charge is 0.333 e. The molecule has 5 heterocycles. The minimum absolute atomic E-state index is 0.0168. The van der Waals surface area contributed by atoms with Crippen LogP contribution in [0.5, 0.6) is 0 Å². The molecule has 69 heavy (non-hydrogen) atoms. The molecule has 0 amide bonds. The molecule has 4 saturated heterocycles. The molecular formula is C49H76O20. The fourth-order valence-electron chi connectivity index (χ4n) is 12.8. The van der Waals surface area contributed by atoms with Crippen molar-refractivity contribution in [2.24, 2.45) is 22.7 Å². The summed E-state index contributed by atoms with van der Waals surface area (Å²) in [6.07, 6.45) is -8.44. The first kappa shape index (κ1) is 53.2. The average Bonchev–Trinajstić information content (AvgIpc) is 3.64. The second-order valence-corrected chi connectivity index (χ2v) is 21.0. The van der Waals surface area contributed by atoms with Gasteiger partial charge in [0.15, 0.2) is 25.2 Å². The molecule has 0 bridgehead atoms. The predicted molar refractivity (Wildman–Crippen MR) is 237 cm³/mol. The van der Waals surface area contributed by atoms with Crippen molar-refractivity contribution in [1.82, 2.24) is 0 Å². The van der Waals surface area contributed by atoms with E-state index in [1.807, 2.05) is 20.8 Å². The second-order valence-electron chi connectivity index (χ2n) is 21.0. The lowest BCUT2D eigenvalue weighted by molar-refractivity contribution is -0.357. The van der Waals surface area contributed by atoms with Gasteiger partial charge in [0, 0.05) is 72.2 Å². The maximum absolute atomic E-state index is 14.4. The highest BCUT2D eigenvalue weighted by Gasteiger charge is 2.61. The highest BCUT2D eigenvalue weighted by molar-refractivity contribution is 5.95. The second kappa shape index (κ2) is 21.0.